The van der Waals surface area contributed by atoms with Crippen molar-refractivity contribution >= 4 is 23.0 Å². The lowest BCUT2D eigenvalue weighted by atomic mass is 10.1. The van der Waals surface area contributed by atoms with Gasteiger partial charge in [0.25, 0.3) is 0 Å². The van der Waals surface area contributed by atoms with Gasteiger partial charge in [0.05, 0.1) is 23.8 Å². The Hall–Kier alpha value is -3.92. The molecule has 0 aliphatic carbocycles. The zero-order valence-electron chi connectivity index (χ0n) is 17.3. The number of amides is 1. The lowest BCUT2D eigenvalue weighted by molar-refractivity contribution is -0.127. The molecule has 31 heavy (non-hydrogen) atoms. The summed E-state index contributed by atoms with van der Waals surface area (Å²) in [6.07, 6.45) is 4.80. The van der Waals surface area contributed by atoms with Gasteiger partial charge in [0.1, 0.15) is 5.58 Å². The summed E-state index contributed by atoms with van der Waals surface area (Å²) in [6, 6.07) is 24.9. The van der Waals surface area contributed by atoms with Crippen LogP contribution in [0.4, 0.5) is 0 Å². The van der Waals surface area contributed by atoms with E-state index >= 15 is 0 Å². The van der Waals surface area contributed by atoms with Gasteiger partial charge in [-0.25, -0.2) is 0 Å². The molecule has 1 aromatic heterocycles. The Bertz CT molecular complexity index is 1270. The fraction of sp³-hybridized carbons (Fsp3) is 0.111. The highest BCUT2D eigenvalue weighted by atomic mass is 16.3. The van der Waals surface area contributed by atoms with Crippen LogP contribution in [0, 0.1) is 6.92 Å². The number of carbonyl (C=O) groups excluding carboxylic acids is 1. The van der Waals surface area contributed by atoms with E-state index in [9.17, 15) is 9.59 Å². The molecule has 4 rings (SSSR count). The van der Waals surface area contributed by atoms with Crippen molar-refractivity contribution in [2.45, 2.75) is 20.0 Å². The minimum absolute atomic E-state index is 0.108. The van der Waals surface area contributed by atoms with Crippen molar-refractivity contribution in [1.82, 2.24) is 4.90 Å². The molecule has 4 aromatic rings. The standard InChI is InChI=1S/C27H23NO3/c1-20-12-14-25-24(16-20)27(30)23(19-31-25)18-28(17-22-10-6-3-7-11-22)26(29)15-13-21-8-4-2-5-9-21/h2-16,19H,17-18H2,1H3/b15-13+. The van der Waals surface area contributed by atoms with E-state index in [1.54, 1.807) is 23.1 Å². The van der Waals surface area contributed by atoms with Crippen molar-refractivity contribution in [3.63, 3.8) is 0 Å². The van der Waals surface area contributed by atoms with E-state index in [1.165, 1.54) is 6.26 Å². The molecule has 4 heteroatoms. The first-order valence-corrected chi connectivity index (χ1v) is 10.2. The van der Waals surface area contributed by atoms with Gasteiger partial charge in [-0.15, -0.1) is 0 Å². The predicted molar refractivity (Wildman–Crippen MR) is 123 cm³/mol. The average molecular weight is 409 g/mol. The summed E-state index contributed by atoms with van der Waals surface area (Å²) >= 11 is 0. The number of aryl methyl sites for hydroxylation is 1. The molecular formula is C27H23NO3. The van der Waals surface area contributed by atoms with Gasteiger partial charge >= 0.3 is 0 Å². The molecule has 0 radical (unpaired) electrons. The topological polar surface area (TPSA) is 50.5 Å². The minimum Gasteiger partial charge on any atom is -0.464 e. The van der Waals surface area contributed by atoms with Crippen LogP contribution in [0.25, 0.3) is 17.0 Å². The number of benzene rings is 3. The summed E-state index contributed by atoms with van der Waals surface area (Å²) in [4.78, 5) is 27.8. The molecule has 0 unspecified atom stereocenters. The van der Waals surface area contributed by atoms with Crippen LogP contribution >= 0.6 is 0 Å². The number of carbonyl (C=O) groups is 1. The van der Waals surface area contributed by atoms with E-state index in [0.29, 0.717) is 23.1 Å². The van der Waals surface area contributed by atoms with Crippen molar-refractivity contribution in [1.29, 1.82) is 0 Å². The molecule has 0 saturated carbocycles. The fourth-order valence-corrected chi connectivity index (χ4v) is 3.45. The summed E-state index contributed by atoms with van der Waals surface area (Å²) in [5.41, 5.74) is 3.81. The van der Waals surface area contributed by atoms with Crippen molar-refractivity contribution in [3.05, 3.63) is 124 Å². The maximum atomic E-state index is 13.1. The molecule has 1 amide bonds. The molecule has 154 valence electrons. The van der Waals surface area contributed by atoms with E-state index in [4.69, 9.17) is 4.42 Å². The van der Waals surface area contributed by atoms with Gasteiger partial charge in [-0.2, -0.15) is 0 Å². The number of hydrogen-bond donors (Lipinski definition) is 0. The third kappa shape index (κ3) is 4.98. The van der Waals surface area contributed by atoms with Gasteiger partial charge in [0, 0.05) is 12.6 Å². The maximum Gasteiger partial charge on any atom is 0.247 e. The van der Waals surface area contributed by atoms with E-state index in [1.807, 2.05) is 79.7 Å². The Morgan fingerprint density at radius 1 is 0.935 bits per heavy atom. The quantitative estimate of drug-likeness (QED) is 0.404. The molecule has 0 aliphatic rings. The fourth-order valence-electron chi connectivity index (χ4n) is 3.45. The molecule has 3 aromatic carbocycles. The highest BCUT2D eigenvalue weighted by Gasteiger charge is 2.16. The zero-order valence-corrected chi connectivity index (χ0v) is 17.3. The monoisotopic (exact) mass is 409 g/mol. The van der Waals surface area contributed by atoms with Gasteiger partial charge in [0.2, 0.25) is 5.91 Å². The summed E-state index contributed by atoms with van der Waals surface area (Å²) in [5, 5.41) is 0.532. The van der Waals surface area contributed by atoms with E-state index in [0.717, 1.165) is 16.7 Å². The van der Waals surface area contributed by atoms with E-state index in [2.05, 4.69) is 0 Å². The number of hydrogen-bond acceptors (Lipinski definition) is 3. The maximum absolute atomic E-state index is 13.1. The minimum atomic E-state index is -0.170. The summed E-state index contributed by atoms with van der Waals surface area (Å²) in [5.74, 6) is -0.170. The normalized spacial score (nSPS) is 11.1. The van der Waals surface area contributed by atoms with Gasteiger partial charge in [-0.1, -0.05) is 72.3 Å². The third-order valence-corrected chi connectivity index (χ3v) is 5.11. The lowest BCUT2D eigenvalue weighted by Gasteiger charge is -2.21. The Kier molecular flexibility index (Phi) is 6.08. The Morgan fingerprint density at radius 3 is 2.39 bits per heavy atom. The lowest BCUT2D eigenvalue weighted by Crippen LogP contribution is -2.30. The van der Waals surface area contributed by atoms with Crippen LogP contribution in [-0.2, 0) is 17.9 Å². The predicted octanol–water partition coefficient (Wildman–Crippen LogP) is 5.34. The van der Waals surface area contributed by atoms with E-state index in [-0.39, 0.29) is 17.9 Å². The Balaban J connectivity index is 1.65. The zero-order chi connectivity index (χ0) is 21.6. The van der Waals surface area contributed by atoms with Gasteiger partial charge < -0.3 is 9.32 Å². The first kappa shape index (κ1) is 20.4. The molecule has 4 nitrogen and oxygen atoms in total. The van der Waals surface area contributed by atoms with Crippen LogP contribution in [0.2, 0.25) is 0 Å². The van der Waals surface area contributed by atoms with Crippen molar-refractivity contribution in [3.8, 4) is 0 Å². The number of rotatable bonds is 6. The number of fused-ring (bicyclic) bond motifs is 1. The second-order valence-corrected chi connectivity index (χ2v) is 7.51. The Morgan fingerprint density at radius 2 is 1.65 bits per heavy atom. The molecule has 0 fully saturated rings. The molecule has 0 atom stereocenters. The van der Waals surface area contributed by atoms with Crippen molar-refractivity contribution < 1.29 is 9.21 Å². The Labute approximate surface area is 181 Å². The smallest absolute Gasteiger partial charge is 0.247 e. The van der Waals surface area contributed by atoms with Gasteiger partial charge in [0.15, 0.2) is 5.43 Å². The molecule has 0 N–H and O–H groups in total. The SMILES string of the molecule is Cc1ccc2occ(CN(Cc3ccccc3)C(=O)/C=C/c3ccccc3)c(=O)c2c1. The van der Waals surface area contributed by atoms with Gasteiger partial charge in [-0.3, -0.25) is 9.59 Å². The molecule has 0 bridgehead atoms. The summed E-state index contributed by atoms with van der Waals surface area (Å²) in [6.45, 7) is 2.49. The third-order valence-electron chi connectivity index (χ3n) is 5.11. The second-order valence-electron chi connectivity index (χ2n) is 7.51. The number of nitrogens with zero attached hydrogens (tertiary/aromatic N) is 1. The van der Waals surface area contributed by atoms with Crippen LogP contribution in [0.15, 0.2) is 100 Å². The molecule has 0 spiro atoms. The first-order valence-electron chi connectivity index (χ1n) is 10.2. The van der Waals surface area contributed by atoms with Crippen LogP contribution in [0.1, 0.15) is 22.3 Å². The van der Waals surface area contributed by atoms with Crippen LogP contribution < -0.4 is 5.43 Å². The summed E-state index contributed by atoms with van der Waals surface area (Å²) < 4.78 is 5.68. The highest BCUT2D eigenvalue weighted by molar-refractivity contribution is 5.91. The molecule has 1 heterocycles. The molecule has 0 aliphatic heterocycles. The average Bonchev–Trinajstić information content (AvgIpc) is 2.80. The van der Waals surface area contributed by atoms with E-state index < -0.39 is 0 Å². The van der Waals surface area contributed by atoms with Crippen molar-refractivity contribution in [2.75, 3.05) is 0 Å². The second kappa shape index (κ2) is 9.26. The molecular weight excluding hydrogens is 386 g/mol. The largest absolute Gasteiger partial charge is 0.464 e. The summed E-state index contributed by atoms with van der Waals surface area (Å²) in [7, 11) is 0. The first-order chi connectivity index (χ1) is 15.1. The van der Waals surface area contributed by atoms with Crippen molar-refractivity contribution in [2.24, 2.45) is 0 Å². The molecule has 0 saturated heterocycles. The van der Waals surface area contributed by atoms with Gasteiger partial charge in [-0.05, 0) is 36.3 Å². The van der Waals surface area contributed by atoms with Crippen LogP contribution in [-0.4, -0.2) is 10.8 Å². The van der Waals surface area contributed by atoms with Crippen LogP contribution in [0.3, 0.4) is 0 Å². The van der Waals surface area contributed by atoms with Crippen LogP contribution in [0.5, 0.6) is 0 Å². The highest BCUT2D eigenvalue weighted by Crippen LogP contribution is 2.16.